The summed E-state index contributed by atoms with van der Waals surface area (Å²) in [5.74, 6) is -1.55. The third kappa shape index (κ3) is 8.86. The molecule has 15 nitrogen and oxygen atoms in total. The smallest absolute Gasteiger partial charge is 0.271 e. The van der Waals surface area contributed by atoms with E-state index in [1.807, 2.05) is 6.07 Å². The summed E-state index contributed by atoms with van der Waals surface area (Å²) in [6.45, 7) is 4.31. The van der Waals surface area contributed by atoms with E-state index in [4.69, 9.17) is 21.6 Å². The first-order valence-electron chi connectivity index (χ1n) is 20.3. The van der Waals surface area contributed by atoms with E-state index < -0.39 is 35.5 Å². The molecule has 3 aromatic rings. The van der Waals surface area contributed by atoms with E-state index >= 15 is 4.39 Å². The monoisotopic (exact) mass is 825 g/mol. The highest BCUT2D eigenvalue weighted by Crippen LogP contribution is 2.33. The second-order valence-electron chi connectivity index (χ2n) is 16.1. The number of piperidine rings is 3. The molecule has 3 N–H and O–H groups in total. The van der Waals surface area contributed by atoms with Crippen molar-refractivity contribution in [3.63, 3.8) is 0 Å². The molecule has 308 valence electrons. The highest BCUT2D eigenvalue weighted by atomic mass is 35.5. The number of anilines is 2. The Bertz CT molecular complexity index is 2180. The van der Waals surface area contributed by atoms with Crippen LogP contribution < -0.4 is 25.6 Å². The Hall–Kier alpha value is -5.66. The van der Waals surface area contributed by atoms with E-state index in [0.717, 1.165) is 101 Å². The van der Waals surface area contributed by atoms with Gasteiger partial charge in [-0.2, -0.15) is 5.26 Å². The molecule has 1 aliphatic carbocycles. The summed E-state index contributed by atoms with van der Waals surface area (Å²) >= 11 is 6.14. The minimum atomic E-state index is -1.11. The Balaban J connectivity index is 0.747. The van der Waals surface area contributed by atoms with Crippen LogP contribution >= 0.6 is 11.6 Å². The number of carbonyl (C=O) groups is 5. The first-order valence-corrected chi connectivity index (χ1v) is 20.7. The average molecular weight is 826 g/mol. The van der Waals surface area contributed by atoms with E-state index in [1.54, 1.807) is 30.6 Å². The number of imide groups is 2. The van der Waals surface area contributed by atoms with Gasteiger partial charge in [0, 0.05) is 57.3 Å². The molecule has 8 rings (SSSR count). The lowest BCUT2D eigenvalue weighted by atomic mass is 9.93. The SMILES string of the molecule is N#Cc1ccc(OC2CCC(NC(=O)c3cnc(N4CCC(CN5CCC(Nc6cc7c(cc6F)C(=O)N(C6CCC(=O)NC6=O)C7=O)CC5)CC4)cn3)CC2)cc1Cl. The summed E-state index contributed by atoms with van der Waals surface area (Å²) in [4.78, 5) is 77.8. The molecule has 1 saturated carbocycles. The molecule has 1 aromatic heterocycles. The highest BCUT2D eigenvalue weighted by molar-refractivity contribution is 6.31. The number of nitriles is 1. The molecule has 59 heavy (non-hydrogen) atoms. The number of nitrogens with one attached hydrogen (secondary N) is 3. The third-order valence-electron chi connectivity index (χ3n) is 12.2. The van der Waals surface area contributed by atoms with Crippen molar-refractivity contribution in [3.05, 3.63) is 75.9 Å². The number of amides is 5. The molecule has 17 heteroatoms. The number of likely N-dealkylation sites (tertiary alicyclic amines) is 1. The van der Waals surface area contributed by atoms with Gasteiger partial charge < -0.3 is 25.2 Å². The van der Waals surface area contributed by atoms with Crippen molar-refractivity contribution >= 4 is 52.6 Å². The number of fused-ring (bicyclic) bond motifs is 1. The number of aromatic nitrogens is 2. The molecule has 0 radical (unpaired) electrons. The lowest BCUT2D eigenvalue weighted by molar-refractivity contribution is -0.136. The molecular formula is C42H45ClFN9O6. The topological polar surface area (TPSA) is 190 Å². The molecule has 1 atom stereocenters. The molecule has 4 fully saturated rings. The maximum absolute atomic E-state index is 15.2. The maximum atomic E-state index is 15.2. The predicted molar refractivity (Wildman–Crippen MR) is 213 cm³/mol. The van der Waals surface area contributed by atoms with E-state index in [1.165, 1.54) is 6.07 Å². The largest absolute Gasteiger partial charge is 0.490 e. The highest BCUT2D eigenvalue weighted by Gasteiger charge is 2.45. The van der Waals surface area contributed by atoms with Crippen LogP contribution in [0.5, 0.6) is 5.75 Å². The van der Waals surface area contributed by atoms with E-state index in [-0.39, 0.29) is 59.4 Å². The van der Waals surface area contributed by atoms with E-state index in [9.17, 15) is 24.0 Å². The van der Waals surface area contributed by atoms with Gasteiger partial charge in [-0.25, -0.2) is 14.4 Å². The fourth-order valence-corrected chi connectivity index (χ4v) is 9.04. The Morgan fingerprint density at radius 1 is 0.898 bits per heavy atom. The van der Waals surface area contributed by atoms with Crippen LogP contribution in [0.1, 0.15) is 101 Å². The summed E-state index contributed by atoms with van der Waals surface area (Å²) in [7, 11) is 0. The number of benzene rings is 2. The van der Waals surface area contributed by atoms with Crippen LogP contribution in [0.4, 0.5) is 15.9 Å². The Labute approximate surface area is 345 Å². The van der Waals surface area contributed by atoms with Crippen LogP contribution in [0.3, 0.4) is 0 Å². The van der Waals surface area contributed by atoms with Gasteiger partial charge >= 0.3 is 0 Å². The first kappa shape index (κ1) is 40.1. The van der Waals surface area contributed by atoms with Crippen LogP contribution in [0, 0.1) is 23.1 Å². The minimum Gasteiger partial charge on any atom is -0.490 e. The Kier molecular flexibility index (Phi) is 11.8. The van der Waals surface area contributed by atoms with Crippen molar-refractivity contribution in [1.29, 1.82) is 5.26 Å². The van der Waals surface area contributed by atoms with Crippen molar-refractivity contribution in [2.75, 3.05) is 42.9 Å². The maximum Gasteiger partial charge on any atom is 0.271 e. The second kappa shape index (κ2) is 17.3. The van der Waals surface area contributed by atoms with Gasteiger partial charge in [0.25, 0.3) is 17.7 Å². The quantitative estimate of drug-likeness (QED) is 0.244. The standard InChI is InChI=1S/C42H45ClFN9O6/c43-32-17-29(4-1-25(32)20-45)59-28-5-2-26(3-6-28)49-39(55)35-21-47-37(22-46-35)52-15-9-24(10-16-52)23-51-13-11-27(12-14-51)48-34-19-31-30(18-33(34)44)41(57)53(42(31)58)36-7-8-38(54)50-40(36)56/h1,4,17-19,21-22,24,26-28,36,48H,2-3,5-16,23H2,(H,49,55)(H,50,54,56). The molecule has 0 bridgehead atoms. The van der Waals surface area contributed by atoms with Gasteiger partial charge in [0.15, 0.2) is 0 Å². The summed E-state index contributed by atoms with van der Waals surface area (Å²) in [5, 5.41) is 18.0. The molecule has 0 spiro atoms. The molecule has 4 aliphatic heterocycles. The van der Waals surface area contributed by atoms with Crippen LogP contribution in [0.15, 0.2) is 42.7 Å². The zero-order valence-electron chi connectivity index (χ0n) is 32.4. The molecule has 1 unspecified atom stereocenters. The minimum absolute atomic E-state index is 0.00874. The van der Waals surface area contributed by atoms with Gasteiger partial charge in [0.1, 0.15) is 35.2 Å². The average Bonchev–Trinajstić information content (AvgIpc) is 3.47. The van der Waals surface area contributed by atoms with Gasteiger partial charge in [-0.15, -0.1) is 0 Å². The summed E-state index contributed by atoms with van der Waals surface area (Å²) in [5.41, 5.74) is 0.804. The van der Waals surface area contributed by atoms with E-state index in [2.05, 4.69) is 35.7 Å². The van der Waals surface area contributed by atoms with Gasteiger partial charge in [-0.3, -0.25) is 34.2 Å². The summed E-state index contributed by atoms with van der Waals surface area (Å²) in [6.07, 6.45) is 9.93. The number of nitrogens with zero attached hydrogens (tertiary/aromatic N) is 6. The number of hydrogen-bond acceptors (Lipinski definition) is 12. The van der Waals surface area contributed by atoms with Crippen LogP contribution in [0.25, 0.3) is 0 Å². The molecule has 5 amide bonds. The third-order valence-corrected chi connectivity index (χ3v) is 12.5. The zero-order chi connectivity index (χ0) is 41.2. The number of halogens is 2. The van der Waals surface area contributed by atoms with Crippen LogP contribution in [0.2, 0.25) is 5.02 Å². The van der Waals surface area contributed by atoms with Crippen LogP contribution in [-0.4, -0.2) is 106 Å². The molecule has 2 aromatic carbocycles. The van der Waals surface area contributed by atoms with Crippen molar-refractivity contribution < 1.29 is 33.1 Å². The molecular weight excluding hydrogens is 781 g/mol. The zero-order valence-corrected chi connectivity index (χ0v) is 33.2. The Morgan fingerprint density at radius 3 is 2.29 bits per heavy atom. The summed E-state index contributed by atoms with van der Waals surface area (Å²) < 4.78 is 21.3. The van der Waals surface area contributed by atoms with Gasteiger partial charge in [-0.1, -0.05) is 11.6 Å². The number of carbonyl (C=O) groups excluding carboxylic acids is 5. The fraction of sp³-hybridized carbons (Fsp3) is 0.476. The number of ether oxygens (including phenoxy) is 1. The lowest BCUT2D eigenvalue weighted by Crippen LogP contribution is -2.54. The van der Waals surface area contributed by atoms with Crippen molar-refractivity contribution in [2.45, 2.75) is 88.4 Å². The number of hydrogen-bond donors (Lipinski definition) is 3. The lowest BCUT2D eigenvalue weighted by Gasteiger charge is -2.38. The van der Waals surface area contributed by atoms with Gasteiger partial charge in [0.05, 0.1) is 45.9 Å². The van der Waals surface area contributed by atoms with Gasteiger partial charge in [-0.05, 0) is 88.0 Å². The molecule has 5 aliphatic rings. The van der Waals surface area contributed by atoms with Crippen molar-refractivity contribution in [1.82, 2.24) is 30.4 Å². The molecule has 5 heterocycles. The van der Waals surface area contributed by atoms with E-state index in [0.29, 0.717) is 22.3 Å². The first-order chi connectivity index (χ1) is 28.5. The van der Waals surface area contributed by atoms with Crippen LogP contribution in [-0.2, 0) is 9.59 Å². The van der Waals surface area contributed by atoms with Crippen molar-refractivity contribution in [3.8, 4) is 11.8 Å². The predicted octanol–water partition coefficient (Wildman–Crippen LogP) is 4.45. The summed E-state index contributed by atoms with van der Waals surface area (Å²) in [6, 6.07) is 8.43. The molecule has 3 saturated heterocycles. The Morgan fingerprint density at radius 2 is 1.63 bits per heavy atom. The van der Waals surface area contributed by atoms with Crippen molar-refractivity contribution in [2.24, 2.45) is 5.92 Å². The normalized spacial score (nSPS) is 23.1. The second-order valence-corrected chi connectivity index (χ2v) is 16.5. The number of rotatable bonds is 10. The van der Waals surface area contributed by atoms with Gasteiger partial charge in [0.2, 0.25) is 11.8 Å². The fourth-order valence-electron chi connectivity index (χ4n) is 8.83.